The van der Waals surface area contributed by atoms with Crippen molar-refractivity contribution in [3.8, 4) is 0 Å². The summed E-state index contributed by atoms with van der Waals surface area (Å²) in [6.45, 7) is 10.6. The molecule has 0 aromatic heterocycles. The van der Waals surface area contributed by atoms with E-state index in [1.54, 1.807) is 4.90 Å². The maximum absolute atomic E-state index is 12.4. The standard InChI is InChI=1S/C16H28N4O2/c1-4-19(5-2)12(3)17-11-15(21)20-10-6-7-14(20)16(22)18-13-8-9-13/h13-14,17H,3-11H2,1-2H3,(H,18,22)/t14-/m0/s1. The Morgan fingerprint density at radius 2 is 1.91 bits per heavy atom. The maximum atomic E-state index is 12.4. The first-order chi connectivity index (χ1) is 10.6. The van der Waals surface area contributed by atoms with Crippen molar-refractivity contribution in [2.45, 2.75) is 51.6 Å². The van der Waals surface area contributed by atoms with Gasteiger partial charge in [-0.2, -0.15) is 0 Å². The highest BCUT2D eigenvalue weighted by Gasteiger charge is 2.36. The van der Waals surface area contributed by atoms with Crippen LogP contribution in [0.4, 0.5) is 0 Å². The summed E-state index contributed by atoms with van der Waals surface area (Å²) in [7, 11) is 0. The molecule has 0 aromatic carbocycles. The molecule has 1 aliphatic carbocycles. The number of amides is 2. The molecular weight excluding hydrogens is 280 g/mol. The van der Waals surface area contributed by atoms with Crippen LogP contribution in [0, 0.1) is 0 Å². The number of nitrogens with one attached hydrogen (secondary N) is 2. The van der Waals surface area contributed by atoms with E-state index in [4.69, 9.17) is 0 Å². The molecule has 2 N–H and O–H groups in total. The predicted octanol–water partition coefficient (Wildman–Crippen LogP) is 0.659. The Hall–Kier alpha value is -1.72. The van der Waals surface area contributed by atoms with Gasteiger partial charge in [-0.1, -0.05) is 6.58 Å². The number of likely N-dealkylation sites (tertiary alicyclic amines) is 1. The number of hydrogen-bond donors (Lipinski definition) is 2. The number of hydrogen-bond acceptors (Lipinski definition) is 4. The number of nitrogens with zero attached hydrogens (tertiary/aromatic N) is 2. The first-order valence-electron chi connectivity index (χ1n) is 8.34. The quantitative estimate of drug-likeness (QED) is 0.691. The molecule has 0 unspecified atom stereocenters. The van der Waals surface area contributed by atoms with Gasteiger partial charge in [0, 0.05) is 25.7 Å². The van der Waals surface area contributed by atoms with Crippen molar-refractivity contribution < 1.29 is 9.59 Å². The molecule has 124 valence electrons. The molecule has 1 heterocycles. The molecule has 6 nitrogen and oxygen atoms in total. The molecule has 2 aliphatic rings. The van der Waals surface area contributed by atoms with Crippen molar-refractivity contribution in [1.29, 1.82) is 0 Å². The second-order valence-electron chi connectivity index (χ2n) is 6.00. The molecule has 2 fully saturated rings. The minimum absolute atomic E-state index is 0.0101. The van der Waals surface area contributed by atoms with Gasteiger partial charge >= 0.3 is 0 Å². The molecule has 1 saturated heterocycles. The van der Waals surface area contributed by atoms with Gasteiger partial charge in [-0.05, 0) is 39.5 Å². The van der Waals surface area contributed by atoms with Crippen LogP contribution in [-0.2, 0) is 9.59 Å². The Morgan fingerprint density at radius 3 is 2.50 bits per heavy atom. The third kappa shape index (κ3) is 4.15. The van der Waals surface area contributed by atoms with E-state index >= 15 is 0 Å². The van der Waals surface area contributed by atoms with Crippen molar-refractivity contribution in [2.24, 2.45) is 0 Å². The molecule has 0 bridgehead atoms. The fourth-order valence-electron chi connectivity index (χ4n) is 2.86. The summed E-state index contributed by atoms with van der Waals surface area (Å²) >= 11 is 0. The van der Waals surface area contributed by atoms with Crippen LogP contribution in [0.15, 0.2) is 12.4 Å². The Morgan fingerprint density at radius 1 is 1.23 bits per heavy atom. The maximum Gasteiger partial charge on any atom is 0.243 e. The van der Waals surface area contributed by atoms with E-state index in [1.807, 2.05) is 0 Å². The Balaban J connectivity index is 1.82. The molecule has 22 heavy (non-hydrogen) atoms. The highest BCUT2D eigenvalue weighted by atomic mass is 16.2. The van der Waals surface area contributed by atoms with Crippen molar-refractivity contribution in [2.75, 3.05) is 26.2 Å². The summed E-state index contributed by atoms with van der Waals surface area (Å²) in [5, 5.41) is 6.09. The van der Waals surface area contributed by atoms with E-state index in [1.165, 1.54) is 0 Å². The lowest BCUT2D eigenvalue weighted by Gasteiger charge is -2.27. The third-order valence-electron chi connectivity index (χ3n) is 4.39. The van der Waals surface area contributed by atoms with Crippen LogP contribution in [-0.4, -0.2) is 59.9 Å². The van der Waals surface area contributed by atoms with E-state index in [0.717, 1.165) is 44.6 Å². The van der Waals surface area contributed by atoms with Gasteiger partial charge in [0.1, 0.15) is 6.04 Å². The smallest absolute Gasteiger partial charge is 0.243 e. The lowest BCUT2D eigenvalue weighted by Crippen LogP contribution is -2.49. The summed E-state index contributed by atoms with van der Waals surface area (Å²) in [5.41, 5.74) is 0. The lowest BCUT2D eigenvalue weighted by atomic mass is 10.2. The zero-order valence-electron chi connectivity index (χ0n) is 13.7. The van der Waals surface area contributed by atoms with Crippen molar-refractivity contribution in [3.05, 3.63) is 12.4 Å². The van der Waals surface area contributed by atoms with E-state index in [9.17, 15) is 9.59 Å². The topological polar surface area (TPSA) is 64.7 Å². The van der Waals surface area contributed by atoms with Crippen molar-refractivity contribution >= 4 is 11.8 Å². The van der Waals surface area contributed by atoms with Crippen molar-refractivity contribution in [3.63, 3.8) is 0 Å². The second-order valence-corrected chi connectivity index (χ2v) is 6.00. The van der Waals surface area contributed by atoms with Crippen LogP contribution in [0.1, 0.15) is 39.5 Å². The monoisotopic (exact) mass is 308 g/mol. The third-order valence-corrected chi connectivity index (χ3v) is 4.39. The second kappa shape index (κ2) is 7.51. The molecule has 1 atom stereocenters. The van der Waals surface area contributed by atoms with Gasteiger partial charge in [-0.15, -0.1) is 0 Å². The fourth-order valence-corrected chi connectivity index (χ4v) is 2.86. The Kier molecular flexibility index (Phi) is 5.69. The highest BCUT2D eigenvalue weighted by Crippen LogP contribution is 2.22. The van der Waals surface area contributed by atoms with Gasteiger partial charge < -0.3 is 20.4 Å². The summed E-state index contributed by atoms with van der Waals surface area (Å²) in [5.74, 6) is 0.745. The molecule has 2 rings (SSSR count). The van der Waals surface area contributed by atoms with Gasteiger partial charge in [-0.3, -0.25) is 9.59 Å². The van der Waals surface area contributed by atoms with Gasteiger partial charge in [0.25, 0.3) is 0 Å². The lowest BCUT2D eigenvalue weighted by molar-refractivity contribution is -0.137. The highest BCUT2D eigenvalue weighted by molar-refractivity contribution is 5.89. The van der Waals surface area contributed by atoms with Crippen LogP contribution in [0.25, 0.3) is 0 Å². The molecular formula is C16H28N4O2. The zero-order valence-corrected chi connectivity index (χ0v) is 13.7. The first kappa shape index (κ1) is 16.6. The number of carbonyl (C=O) groups is 2. The average molecular weight is 308 g/mol. The molecule has 0 aromatic rings. The minimum atomic E-state index is -0.295. The molecule has 6 heteroatoms. The van der Waals surface area contributed by atoms with Crippen LogP contribution >= 0.6 is 0 Å². The average Bonchev–Trinajstić information content (AvgIpc) is 3.18. The SMILES string of the molecule is C=C(NCC(=O)N1CCC[C@H]1C(=O)NC1CC1)N(CC)CC. The van der Waals surface area contributed by atoms with Crippen molar-refractivity contribution in [1.82, 2.24) is 20.4 Å². The van der Waals surface area contributed by atoms with Gasteiger partial charge in [0.05, 0.1) is 12.4 Å². The number of rotatable bonds is 8. The van der Waals surface area contributed by atoms with Crippen LogP contribution in [0.5, 0.6) is 0 Å². The summed E-state index contributed by atoms with van der Waals surface area (Å²) in [6.07, 6.45) is 3.79. The molecule has 0 spiro atoms. The normalized spacial score (nSPS) is 20.6. The summed E-state index contributed by atoms with van der Waals surface area (Å²) < 4.78 is 0. The van der Waals surface area contributed by atoms with E-state index in [2.05, 4.69) is 36.0 Å². The van der Waals surface area contributed by atoms with Gasteiger partial charge in [0.15, 0.2) is 0 Å². The number of carbonyl (C=O) groups excluding carboxylic acids is 2. The van der Waals surface area contributed by atoms with Gasteiger partial charge in [0.2, 0.25) is 11.8 Å². The van der Waals surface area contributed by atoms with Crippen LogP contribution in [0.2, 0.25) is 0 Å². The van der Waals surface area contributed by atoms with Gasteiger partial charge in [-0.25, -0.2) is 0 Å². The van der Waals surface area contributed by atoms with E-state index in [-0.39, 0.29) is 24.4 Å². The van der Waals surface area contributed by atoms with E-state index in [0.29, 0.717) is 12.6 Å². The molecule has 0 radical (unpaired) electrons. The summed E-state index contributed by atoms with van der Waals surface area (Å²) in [4.78, 5) is 28.4. The largest absolute Gasteiger partial charge is 0.363 e. The Labute approximate surface area is 132 Å². The van der Waals surface area contributed by atoms with E-state index < -0.39 is 0 Å². The zero-order chi connectivity index (χ0) is 16.1. The first-order valence-corrected chi connectivity index (χ1v) is 8.34. The molecule has 1 aliphatic heterocycles. The molecule has 1 saturated carbocycles. The predicted molar refractivity (Wildman–Crippen MR) is 86.0 cm³/mol. The fraction of sp³-hybridized carbons (Fsp3) is 0.750. The van der Waals surface area contributed by atoms with Crippen LogP contribution < -0.4 is 10.6 Å². The van der Waals surface area contributed by atoms with Crippen LogP contribution in [0.3, 0.4) is 0 Å². The summed E-state index contributed by atoms with van der Waals surface area (Å²) in [6, 6.07) is 0.0437. The minimum Gasteiger partial charge on any atom is -0.363 e. The Bertz CT molecular complexity index is 430. The molecule has 2 amide bonds.